The molecule has 2 aromatic rings. The first-order valence-electron chi connectivity index (χ1n) is 8.08. The van der Waals surface area contributed by atoms with Crippen LogP contribution in [0, 0.1) is 15.9 Å². The molecule has 0 unspecified atom stereocenters. The predicted molar refractivity (Wildman–Crippen MR) is 96.0 cm³/mol. The van der Waals surface area contributed by atoms with Crippen molar-refractivity contribution in [3.8, 4) is 0 Å². The number of nitro groups is 1. The van der Waals surface area contributed by atoms with Gasteiger partial charge in [0.05, 0.1) is 11.5 Å². The second kappa shape index (κ2) is 9.36. The zero-order valence-corrected chi connectivity index (χ0v) is 14.0. The van der Waals surface area contributed by atoms with Gasteiger partial charge in [0.15, 0.2) is 5.96 Å². The van der Waals surface area contributed by atoms with Gasteiger partial charge in [-0.05, 0) is 36.6 Å². The van der Waals surface area contributed by atoms with Crippen LogP contribution in [0.1, 0.15) is 18.1 Å². The molecule has 2 rings (SSSR count). The lowest BCUT2D eigenvalue weighted by atomic mass is 10.1. The standard InChI is InChI=1S/C18H21FN4O2/c1-2-20-18(21-10-9-14-5-3-7-16(19)11-14)22-13-15-6-4-8-17(12-15)23(24)25/h3-8,11-12H,2,9-10,13H2,1H3,(H2,20,21,22). The fraction of sp³-hybridized carbons (Fsp3) is 0.278. The highest BCUT2D eigenvalue weighted by Crippen LogP contribution is 2.13. The molecule has 0 aliphatic heterocycles. The largest absolute Gasteiger partial charge is 0.357 e. The molecule has 0 bridgehead atoms. The Labute approximate surface area is 145 Å². The van der Waals surface area contributed by atoms with Gasteiger partial charge in [-0.15, -0.1) is 0 Å². The van der Waals surface area contributed by atoms with Crippen LogP contribution < -0.4 is 10.6 Å². The maximum Gasteiger partial charge on any atom is 0.269 e. The average molecular weight is 344 g/mol. The summed E-state index contributed by atoms with van der Waals surface area (Å²) in [7, 11) is 0. The molecule has 0 saturated carbocycles. The van der Waals surface area contributed by atoms with Crippen LogP contribution in [0.4, 0.5) is 10.1 Å². The van der Waals surface area contributed by atoms with Crippen LogP contribution in [0.5, 0.6) is 0 Å². The molecule has 0 atom stereocenters. The van der Waals surface area contributed by atoms with Gasteiger partial charge in [-0.2, -0.15) is 0 Å². The molecular formula is C18H21FN4O2. The van der Waals surface area contributed by atoms with Crippen LogP contribution in [-0.4, -0.2) is 24.0 Å². The van der Waals surface area contributed by atoms with E-state index in [0.29, 0.717) is 32.0 Å². The summed E-state index contributed by atoms with van der Waals surface area (Å²) in [5, 5.41) is 17.1. The summed E-state index contributed by atoms with van der Waals surface area (Å²) in [5.74, 6) is 0.370. The fourth-order valence-corrected chi connectivity index (χ4v) is 2.30. The Bertz CT molecular complexity index is 749. The minimum absolute atomic E-state index is 0.0526. The Morgan fingerprint density at radius 2 is 1.92 bits per heavy atom. The zero-order chi connectivity index (χ0) is 18.1. The van der Waals surface area contributed by atoms with E-state index < -0.39 is 4.92 Å². The van der Waals surface area contributed by atoms with Crippen LogP contribution in [-0.2, 0) is 13.0 Å². The molecule has 0 aromatic heterocycles. The number of guanidine groups is 1. The second-order valence-corrected chi connectivity index (χ2v) is 5.43. The Morgan fingerprint density at radius 3 is 2.64 bits per heavy atom. The molecule has 0 amide bonds. The Morgan fingerprint density at radius 1 is 1.16 bits per heavy atom. The first-order valence-corrected chi connectivity index (χ1v) is 8.08. The van der Waals surface area contributed by atoms with Gasteiger partial charge in [-0.1, -0.05) is 24.3 Å². The third kappa shape index (κ3) is 6.21. The van der Waals surface area contributed by atoms with Crippen molar-refractivity contribution in [2.24, 2.45) is 4.99 Å². The van der Waals surface area contributed by atoms with Crippen molar-refractivity contribution in [3.05, 3.63) is 75.6 Å². The predicted octanol–water partition coefficient (Wildman–Crippen LogP) is 3.03. The van der Waals surface area contributed by atoms with Crippen LogP contribution in [0.15, 0.2) is 53.5 Å². The lowest BCUT2D eigenvalue weighted by molar-refractivity contribution is -0.384. The van der Waals surface area contributed by atoms with Crippen LogP contribution in [0.25, 0.3) is 0 Å². The van der Waals surface area contributed by atoms with Gasteiger partial charge in [0.1, 0.15) is 5.82 Å². The summed E-state index contributed by atoms with van der Waals surface area (Å²) in [6.07, 6.45) is 0.666. The Kier molecular flexibility index (Phi) is 6.88. The molecule has 132 valence electrons. The molecule has 0 aliphatic rings. The third-order valence-corrected chi connectivity index (χ3v) is 3.48. The van der Waals surface area contributed by atoms with Crippen molar-refractivity contribution in [3.63, 3.8) is 0 Å². The van der Waals surface area contributed by atoms with Gasteiger partial charge in [0.25, 0.3) is 5.69 Å². The number of aliphatic imine (C=N–C) groups is 1. The molecule has 0 spiro atoms. The van der Waals surface area contributed by atoms with E-state index in [4.69, 9.17) is 0 Å². The van der Waals surface area contributed by atoms with E-state index in [9.17, 15) is 14.5 Å². The first-order chi connectivity index (χ1) is 12.1. The molecule has 0 saturated heterocycles. The van der Waals surface area contributed by atoms with Crippen molar-refractivity contribution in [2.75, 3.05) is 13.1 Å². The van der Waals surface area contributed by atoms with Crippen LogP contribution in [0.2, 0.25) is 0 Å². The number of benzene rings is 2. The number of halogens is 1. The van der Waals surface area contributed by atoms with E-state index in [2.05, 4.69) is 15.6 Å². The molecule has 25 heavy (non-hydrogen) atoms. The van der Waals surface area contributed by atoms with E-state index in [1.165, 1.54) is 24.3 Å². The van der Waals surface area contributed by atoms with Crippen LogP contribution in [0.3, 0.4) is 0 Å². The Hall–Kier alpha value is -2.96. The monoisotopic (exact) mass is 344 g/mol. The lowest BCUT2D eigenvalue weighted by Crippen LogP contribution is -2.38. The minimum atomic E-state index is -0.421. The van der Waals surface area contributed by atoms with Gasteiger partial charge in [0.2, 0.25) is 0 Å². The van der Waals surface area contributed by atoms with Gasteiger partial charge in [-0.3, -0.25) is 10.1 Å². The molecule has 7 heteroatoms. The highest BCUT2D eigenvalue weighted by molar-refractivity contribution is 5.79. The lowest BCUT2D eigenvalue weighted by Gasteiger charge is -2.11. The van der Waals surface area contributed by atoms with Crippen molar-refractivity contribution in [1.82, 2.24) is 10.6 Å². The second-order valence-electron chi connectivity index (χ2n) is 5.43. The number of hydrogen-bond donors (Lipinski definition) is 2. The SMILES string of the molecule is CCNC(=NCc1cccc([N+](=O)[O-])c1)NCCc1cccc(F)c1. The molecule has 0 heterocycles. The number of nitrogens with one attached hydrogen (secondary N) is 2. The van der Waals surface area contributed by atoms with E-state index in [1.54, 1.807) is 18.2 Å². The van der Waals surface area contributed by atoms with Gasteiger partial charge >= 0.3 is 0 Å². The summed E-state index contributed by atoms with van der Waals surface area (Å²) in [5.41, 5.74) is 1.72. The fourth-order valence-electron chi connectivity index (χ4n) is 2.30. The maximum atomic E-state index is 13.2. The van der Waals surface area contributed by atoms with E-state index in [0.717, 1.165) is 11.1 Å². The number of rotatable bonds is 7. The van der Waals surface area contributed by atoms with Crippen LogP contribution >= 0.6 is 0 Å². The summed E-state index contributed by atoms with van der Waals surface area (Å²) in [6, 6.07) is 12.9. The molecular weight excluding hydrogens is 323 g/mol. The number of non-ortho nitro benzene ring substituents is 1. The van der Waals surface area contributed by atoms with Crippen molar-refractivity contribution >= 4 is 11.6 Å². The highest BCUT2D eigenvalue weighted by Gasteiger charge is 2.05. The van der Waals surface area contributed by atoms with E-state index in [1.807, 2.05) is 13.0 Å². The van der Waals surface area contributed by atoms with Gasteiger partial charge in [-0.25, -0.2) is 9.38 Å². The van der Waals surface area contributed by atoms with E-state index >= 15 is 0 Å². The maximum absolute atomic E-state index is 13.2. The van der Waals surface area contributed by atoms with Crippen molar-refractivity contribution < 1.29 is 9.31 Å². The highest BCUT2D eigenvalue weighted by atomic mass is 19.1. The third-order valence-electron chi connectivity index (χ3n) is 3.48. The molecule has 0 radical (unpaired) electrons. The summed E-state index contributed by atoms with van der Waals surface area (Å²) in [4.78, 5) is 14.8. The van der Waals surface area contributed by atoms with Crippen molar-refractivity contribution in [2.45, 2.75) is 19.9 Å². The molecule has 2 N–H and O–H groups in total. The normalized spacial score (nSPS) is 11.2. The quantitative estimate of drug-likeness (QED) is 0.350. The van der Waals surface area contributed by atoms with E-state index in [-0.39, 0.29) is 11.5 Å². The smallest absolute Gasteiger partial charge is 0.269 e. The van der Waals surface area contributed by atoms with Crippen molar-refractivity contribution in [1.29, 1.82) is 0 Å². The number of hydrogen-bond acceptors (Lipinski definition) is 3. The van der Waals surface area contributed by atoms with Gasteiger partial charge in [0, 0.05) is 25.2 Å². The summed E-state index contributed by atoms with van der Waals surface area (Å²) < 4.78 is 13.2. The first kappa shape index (κ1) is 18.4. The minimum Gasteiger partial charge on any atom is -0.357 e. The summed E-state index contributed by atoms with van der Waals surface area (Å²) >= 11 is 0. The molecule has 6 nitrogen and oxygen atoms in total. The number of nitrogens with zero attached hydrogens (tertiary/aromatic N) is 2. The average Bonchev–Trinajstić information content (AvgIpc) is 2.60. The zero-order valence-electron chi connectivity index (χ0n) is 14.0. The molecule has 0 fully saturated rings. The van der Waals surface area contributed by atoms with Gasteiger partial charge < -0.3 is 10.6 Å². The molecule has 2 aromatic carbocycles. The molecule has 0 aliphatic carbocycles. The summed E-state index contributed by atoms with van der Waals surface area (Å²) in [6.45, 7) is 3.58. The Balaban J connectivity index is 1.93. The topological polar surface area (TPSA) is 79.6 Å². The number of nitro benzene ring substituents is 1.